The van der Waals surface area contributed by atoms with Gasteiger partial charge >= 0.3 is 0 Å². The molecular weight excluding hydrogens is 49.9 g/mol. The summed E-state index contributed by atoms with van der Waals surface area (Å²) in [5, 5.41) is 0. The van der Waals surface area contributed by atoms with Crippen LogP contribution in [0.5, 0.6) is 0 Å². The van der Waals surface area contributed by atoms with E-state index in [-0.39, 0.29) is 37.7 Å². The Morgan fingerprint density at radius 3 is 1.00 bits per heavy atom. The maximum Gasteiger partial charge on any atom is 0 e. The fraction of sp³-hybridized carbons (Fsp3) is 1.00. The molecule has 0 nitrogen and oxygen atoms in total. The minimum Gasteiger partial charge on any atom is -0.0656 e. The molecule has 2 radical (unpaired) electrons. The maximum atomic E-state index is 2.12. The van der Waals surface area contributed by atoms with E-state index in [0.717, 1.165) is 0 Å². The van der Waals surface area contributed by atoms with Crippen molar-refractivity contribution in [2.75, 3.05) is 0 Å². The first kappa shape index (κ1) is 16.4. The summed E-state index contributed by atoms with van der Waals surface area (Å²) in [6.07, 6.45) is 1.25. The van der Waals surface area contributed by atoms with Gasteiger partial charge in [-0.15, -0.1) is 0 Å². The van der Waals surface area contributed by atoms with E-state index in [4.69, 9.17) is 0 Å². The van der Waals surface area contributed by atoms with Gasteiger partial charge in [0.25, 0.3) is 0 Å². The fourth-order valence-electron chi connectivity index (χ4n) is 0. The molecule has 0 N–H and O–H groups in total. The van der Waals surface area contributed by atoms with E-state index in [0.29, 0.717) is 0 Å². The van der Waals surface area contributed by atoms with E-state index >= 15 is 0 Å². The van der Waals surface area contributed by atoms with Crippen molar-refractivity contribution >= 4 is 37.7 Å². The molecule has 0 aliphatic heterocycles. The van der Waals surface area contributed by atoms with E-state index in [1.54, 1.807) is 0 Å². The molecule has 0 aromatic heterocycles. The van der Waals surface area contributed by atoms with Crippen LogP contribution in [0.2, 0.25) is 0 Å². The van der Waals surface area contributed by atoms with Crippen molar-refractivity contribution in [2.45, 2.75) is 20.3 Å². The predicted octanol–water partition coefficient (Wildman–Crippen LogP) is 0.655. The third kappa shape index (κ3) is 37.1. The molecule has 0 atom stereocenters. The van der Waals surface area contributed by atoms with E-state index in [9.17, 15) is 0 Å². The Bertz CT molecular complexity index is 4.85. The molecule has 0 spiro atoms. The quantitative estimate of drug-likeness (QED) is 0.359. The Morgan fingerprint density at radius 2 is 1.00 bits per heavy atom. The Kier molecular flexibility index (Phi) is 62.2. The summed E-state index contributed by atoms with van der Waals surface area (Å²) in [7, 11) is 0. The van der Waals surface area contributed by atoms with Crippen LogP contribution in [0.25, 0.3) is 0 Å². The molecule has 0 aromatic rings. The monoisotopic (exact) mass is 58.1 g/mol. The second kappa shape index (κ2) is 19.0. The summed E-state index contributed by atoms with van der Waals surface area (Å²) in [5.41, 5.74) is 0. The first-order chi connectivity index (χ1) is 1.41. The van der Waals surface area contributed by atoms with E-state index in [2.05, 4.69) is 13.8 Å². The van der Waals surface area contributed by atoms with Crippen molar-refractivity contribution in [1.82, 2.24) is 0 Å². The number of hydrogen-bond acceptors (Lipinski definition) is 0. The normalized spacial score (nSPS) is 3.60. The van der Waals surface area contributed by atoms with E-state index in [1.165, 1.54) is 6.42 Å². The molecule has 5 heavy (non-hydrogen) atoms. The van der Waals surface area contributed by atoms with E-state index < -0.39 is 0 Å². The van der Waals surface area contributed by atoms with Crippen LogP contribution in [-0.4, -0.2) is 37.7 Å². The first-order valence-electron chi connectivity index (χ1n) is 1.41. The van der Waals surface area contributed by atoms with Crippen LogP contribution in [0.1, 0.15) is 20.3 Å². The minimum atomic E-state index is 0. The zero-order valence-electron chi connectivity index (χ0n) is 4.71. The molecule has 0 saturated heterocycles. The van der Waals surface area contributed by atoms with Gasteiger partial charge in [-0.05, 0) is 0 Å². The Hall–Kier alpha value is 1.19. The van der Waals surface area contributed by atoms with Crippen LogP contribution >= 0.6 is 0 Å². The van der Waals surface area contributed by atoms with Crippen LogP contribution in [-0.2, 0) is 0 Å². The average Bonchev–Trinajstić information content (AvgIpc) is 0.918. The van der Waals surface area contributed by atoms with Gasteiger partial charge in [0.2, 0.25) is 0 Å². The van der Waals surface area contributed by atoms with Gasteiger partial charge in [-0.3, -0.25) is 0 Å². The van der Waals surface area contributed by atoms with Crippen LogP contribution in [0.3, 0.4) is 0 Å². The van der Waals surface area contributed by atoms with Gasteiger partial charge < -0.3 is 0 Å². The molecule has 0 aromatic carbocycles. The third-order valence-electron chi connectivity index (χ3n) is 0. The van der Waals surface area contributed by atoms with Crippen molar-refractivity contribution in [3.63, 3.8) is 0 Å². The standard InChI is InChI=1S/C3H8.2Li/c1-3-2;;/h3H2,1-2H3;;. The summed E-state index contributed by atoms with van der Waals surface area (Å²) in [5.74, 6) is 0. The van der Waals surface area contributed by atoms with E-state index in [1.807, 2.05) is 0 Å². The van der Waals surface area contributed by atoms with Gasteiger partial charge in [-0.2, -0.15) is 0 Å². The molecule has 22 valence electrons. The molecule has 0 amide bonds. The summed E-state index contributed by atoms with van der Waals surface area (Å²) in [6, 6.07) is 0. The van der Waals surface area contributed by atoms with Gasteiger partial charge in [0.15, 0.2) is 0 Å². The van der Waals surface area contributed by atoms with Crippen LogP contribution in [0.4, 0.5) is 0 Å². The smallest absolute Gasteiger partial charge is 0 e. The summed E-state index contributed by atoms with van der Waals surface area (Å²) in [4.78, 5) is 0. The molecule has 0 rings (SSSR count). The first-order valence-corrected chi connectivity index (χ1v) is 1.41. The molecular formula is C3H8Li2. The molecule has 2 heteroatoms. The summed E-state index contributed by atoms with van der Waals surface area (Å²) >= 11 is 0. The molecule has 0 bridgehead atoms. The molecule has 0 heterocycles. The Labute approximate surface area is 58.1 Å². The zero-order valence-corrected chi connectivity index (χ0v) is 4.71. The van der Waals surface area contributed by atoms with Crippen LogP contribution < -0.4 is 0 Å². The Morgan fingerprint density at radius 1 is 1.00 bits per heavy atom. The van der Waals surface area contributed by atoms with Crippen LogP contribution in [0.15, 0.2) is 0 Å². The predicted molar refractivity (Wildman–Crippen MR) is 27.5 cm³/mol. The molecule has 0 unspecified atom stereocenters. The van der Waals surface area contributed by atoms with Gasteiger partial charge in [-0.25, -0.2) is 0 Å². The zero-order chi connectivity index (χ0) is 2.71. The van der Waals surface area contributed by atoms with Crippen LogP contribution in [0, 0.1) is 0 Å². The van der Waals surface area contributed by atoms with Gasteiger partial charge in [0.05, 0.1) is 0 Å². The number of hydrogen-bond donors (Lipinski definition) is 0. The summed E-state index contributed by atoms with van der Waals surface area (Å²) < 4.78 is 0. The molecule has 0 saturated carbocycles. The van der Waals surface area contributed by atoms with Crippen molar-refractivity contribution in [2.24, 2.45) is 0 Å². The van der Waals surface area contributed by atoms with Crippen molar-refractivity contribution in [1.29, 1.82) is 0 Å². The van der Waals surface area contributed by atoms with Crippen molar-refractivity contribution in [3.8, 4) is 0 Å². The minimum absolute atomic E-state index is 0. The second-order valence-electron chi connectivity index (χ2n) is 0.707. The second-order valence-corrected chi connectivity index (χ2v) is 0.707. The average molecular weight is 58.0 g/mol. The molecule has 0 fully saturated rings. The molecule has 0 aliphatic rings. The van der Waals surface area contributed by atoms with Crippen molar-refractivity contribution in [3.05, 3.63) is 0 Å². The Balaban J connectivity index is -0.0000000200. The third-order valence-corrected chi connectivity index (χ3v) is 0. The fourth-order valence-corrected chi connectivity index (χ4v) is 0. The summed E-state index contributed by atoms with van der Waals surface area (Å²) in [6.45, 7) is 4.25. The maximum absolute atomic E-state index is 2.12. The number of rotatable bonds is 0. The topological polar surface area (TPSA) is 0 Å². The van der Waals surface area contributed by atoms with Gasteiger partial charge in [0, 0.05) is 37.7 Å². The van der Waals surface area contributed by atoms with Crippen molar-refractivity contribution < 1.29 is 0 Å². The van der Waals surface area contributed by atoms with Gasteiger partial charge in [-0.1, -0.05) is 20.3 Å². The largest absolute Gasteiger partial charge is 0.0656 e. The van der Waals surface area contributed by atoms with Gasteiger partial charge in [0.1, 0.15) is 0 Å². The molecule has 0 aliphatic carbocycles. The SMILES string of the molecule is CCC.[Li].[Li].